The van der Waals surface area contributed by atoms with E-state index in [0.29, 0.717) is 6.42 Å². The van der Waals surface area contributed by atoms with E-state index in [1.54, 1.807) is 6.07 Å². The summed E-state index contributed by atoms with van der Waals surface area (Å²) in [4.78, 5) is 28.7. The summed E-state index contributed by atoms with van der Waals surface area (Å²) in [6.45, 7) is 3.45. The van der Waals surface area contributed by atoms with Crippen molar-refractivity contribution in [1.29, 1.82) is 0 Å². The van der Waals surface area contributed by atoms with E-state index in [-0.39, 0.29) is 34.2 Å². The maximum atomic E-state index is 13.8. The van der Waals surface area contributed by atoms with Crippen molar-refractivity contribution in [2.24, 2.45) is 0 Å². The average Bonchev–Trinajstić information content (AvgIpc) is 2.84. The van der Waals surface area contributed by atoms with Crippen molar-refractivity contribution in [3.8, 4) is 0 Å². The fourth-order valence-corrected chi connectivity index (χ4v) is 6.03. The molecule has 1 fully saturated rings. The van der Waals surface area contributed by atoms with Gasteiger partial charge in [0, 0.05) is 17.6 Å². The van der Waals surface area contributed by atoms with Crippen LogP contribution in [0.5, 0.6) is 0 Å². The van der Waals surface area contributed by atoms with E-state index in [0.717, 1.165) is 53.8 Å². The molecule has 0 aliphatic heterocycles. The van der Waals surface area contributed by atoms with Crippen LogP contribution < -0.4 is 9.62 Å². The summed E-state index contributed by atoms with van der Waals surface area (Å²) in [7, 11) is -3.90. The molecule has 0 aromatic heterocycles. The largest absolute Gasteiger partial charge is 0.352 e. The van der Waals surface area contributed by atoms with E-state index >= 15 is 0 Å². The molecule has 0 bridgehead atoms. The highest BCUT2D eigenvalue weighted by Crippen LogP contribution is 2.31. The maximum Gasteiger partial charge on any atom is 0.244 e. The summed E-state index contributed by atoms with van der Waals surface area (Å²) >= 11 is 12.4. The van der Waals surface area contributed by atoms with Crippen molar-refractivity contribution < 1.29 is 18.0 Å². The van der Waals surface area contributed by atoms with Crippen LogP contribution in [0.15, 0.2) is 42.5 Å². The molecule has 0 spiro atoms. The van der Waals surface area contributed by atoms with Crippen molar-refractivity contribution in [3.05, 3.63) is 63.6 Å². The second-order valence-corrected chi connectivity index (χ2v) is 12.4. The molecular weight excluding hydrogens is 533 g/mol. The highest BCUT2D eigenvalue weighted by Gasteiger charge is 2.33. The van der Waals surface area contributed by atoms with E-state index in [9.17, 15) is 18.0 Å². The van der Waals surface area contributed by atoms with Gasteiger partial charge >= 0.3 is 0 Å². The molecule has 1 N–H and O–H groups in total. The second-order valence-electron chi connectivity index (χ2n) is 9.64. The third-order valence-corrected chi connectivity index (χ3v) is 8.31. The topological polar surface area (TPSA) is 86.8 Å². The Morgan fingerprint density at radius 1 is 1.08 bits per heavy atom. The lowest BCUT2D eigenvalue weighted by Crippen LogP contribution is -2.54. The first-order valence-corrected chi connectivity index (χ1v) is 15.2. The van der Waals surface area contributed by atoms with Gasteiger partial charge in [0.25, 0.3) is 0 Å². The molecule has 1 aliphatic carbocycles. The molecule has 3 rings (SSSR count). The molecule has 0 saturated heterocycles. The Labute approximate surface area is 230 Å². The van der Waals surface area contributed by atoms with Gasteiger partial charge in [0.05, 0.1) is 17.0 Å². The Morgan fingerprint density at radius 2 is 1.78 bits per heavy atom. The van der Waals surface area contributed by atoms with Crippen molar-refractivity contribution in [2.75, 3.05) is 17.1 Å². The Balaban J connectivity index is 1.94. The lowest BCUT2D eigenvalue weighted by atomic mass is 9.95. The highest BCUT2D eigenvalue weighted by molar-refractivity contribution is 7.92. The van der Waals surface area contributed by atoms with Crippen molar-refractivity contribution in [1.82, 2.24) is 10.2 Å². The summed E-state index contributed by atoms with van der Waals surface area (Å²) < 4.78 is 26.5. The highest BCUT2D eigenvalue weighted by atomic mass is 35.5. The number of nitrogens with zero attached hydrogens (tertiary/aromatic N) is 2. The number of carbonyl (C=O) groups excluding carboxylic acids is 2. The van der Waals surface area contributed by atoms with Crippen LogP contribution >= 0.6 is 23.2 Å². The number of rotatable bonds is 10. The lowest BCUT2D eigenvalue weighted by Gasteiger charge is -2.34. The van der Waals surface area contributed by atoms with Crippen LogP contribution in [0.2, 0.25) is 10.0 Å². The fourth-order valence-electron chi connectivity index (χ4n) is 4.74. The SMILES string of the molecule is CC[C@@H](C(=O)NC1CCCCC1)N(Cc1cccc(C)c1)C(=O)CN(c1cc(Cl)ccc1Cl)S(C)(=O)=O. The Morgan fingerprint density at radius 3 is 2.41 bits per heavy atom. The van der Waals surface area contributed by atoms with Crippen molar-refractivity contribution in [2.45, 2.75) is 71.0 Å². The molecule has 10 heteroatoms. The first-order valence-electron chi connectivity index (χ1n) is 12.6. The van der Waals surface area contributed by atoms with Gasteiger partial charge in [0.1, 0.15) is 12.6 Å². The summed E-state index contributed by atoms with van der Waals surface area (Å²) in [5.74, 6) is -0.726. The molecular formula is C27H35Cl2N3O4S. The zero-order valence-electron chi connectivity index (χ0n) is 21.5. The molecule has 1 atom stereocenters. The van der Waals surface area contributed by atoms with E-state index < -0.39 is 28.5 Å². The van der Waals surface area contributed by atoms with Gasteiger partial charge in [-0.3, -0.25) is 13.9 Å². The van der Waals surface area contributed by atoms with Crippen LogP contribution in [-0.4, -0.2) is 50.0 Å². The predicted octanol–water partition coefficient (Wildman–Crippen LogP) is 5.32. The second kappa shape index (κ2) is 13.0. The van der Waals surface area contributed by atoms with Gasteiger partial charge in [-0.15, -0.1) is 0 Å². The summed E-state index contributed by atoms with van der Waals surface area (Å²) in [5, 5.41) is 3.57. The van der Waals surface area contributed by atoms with Gasteiger partial charge in [-0.05, 0) is 49.9 Å². The Kier molecular flexibility index (Phi) is 10.3. The molecule has 2 aromatic carbocycles. The number of benzene rings is 2. The number of nitrogens with one attached hydrogen (secondary N) is 1. The minimum atomic E-state index is -3.90. The Bertz CT molecular complexity index is 1220. The summed E-state index contributed by atoms with van der Waals surface area (Å²) in [6, 6.07) is 11.5. The molecule has 0 heterocycles. The zero-order chi connectivity index (χ0) is 27.2. The van der Waals surface area contributed by atoms with Gasteiger partial charge in [0.15, 0.2) is 0 Å². The van der Waals surface area contributed by atoms with Gasteiger partial charge < -0.3 is 10.2 Å². The summed E-state index contributed by atoms with van der Waals surface area (Å²) in [6.07, 6.45) is 6.53. The Hall–Kier alpha value is -2.29. The molecule has 202 valence electrons. The van der Waals surface area contributed by atoms with E-state index in [1.807, 2.05) is 38.1 Å². The molecule has 0 radical (unpaired) electrons. The normalized spacial score (nSPS) is 15.2. The fraction of sp³-hybridized carbons (Fsp3) is 0.481. The molecule has 1 aliphatic rings. The number of amides is 2. The van der Waals surface area contributed by atoms with Crippen LogP contribution in [0.1, 0.15) is 56.6 Å². The minimum Gasteiger partial charge on any atom is -0.352 e. The lowest BCUT2D eigenvalue weighted by molar-refractivity contribution is -0.140. The van der Waals surface area contributed by atoms with Crippen molar-refractivity contribution >= 4 is 50.7 Å². The van der Waals surface area contributed by atoms with Crippen LogP contribution in [-0.2, 0) is 26.2 Å². The number of anilines is 1. The maximum absolute atomic E-state index is 13.8. The molecule has 2 amide bonds. The number of hydrogen-bond acceptors (Lipinski definition) is 4. The third kappa shape index (κ3) is 8.09. The standard InChI is InChI=1S/C27H35Cl2N3O4S/c1-4-24(27(34)30-22-11-6-5-7-12-22)31(17-20-10-8-9-19(2)15-20)26(33)18-32(37(3,35)36)25-16-21(28)13-14-23(25)29/h8-10,13-16,22,24H,4-7,11-12,17-18H2,1-3H3,(H,30,34)/t24-/m0/s1. The van der Waals surface area contributed by atoms with E-state index in [4.69, 9.17) is 23.2 Å². The quantitative estimate of drug-likeness (QED) is 0.420. The smallest absolute Gasteiger partial charge is 0.244 e. The minimum absolute atomic E-state index is 0.0870. The number of aryl methyl sites for hydroxylation is 1. The number of carbonyl (C=O) groups is 2. The van der Waals surface area contributed by atoms with E-state index in [2.05, 4.69) is 5.32 Å². The number of hydrogen-bond donors (Lipinski definition) is 1. The first kappa shape index (κ1) is 29.3. The average molecular weight is 569 g/mol. The first-order chi connectivity index (χ1) is 17.5. The third-order valence-electron chi connectivity index (χ3n) is 6.63. The number of sulfonamides is 1. The van der Waals surface area contributed by atoms with Crippen LogP contribution in [0.25, 0.3) is 0 Å². The van der Waals surface area contributed by atoms with Crippen LogP contribution in [0.4, 0.5) is 5.69 Å². The van der Waals surface area contributed by atoms with Gasteiger partial charge in [-0.2, -0.15) is 0 Å². The van der Waals surface area contributed by atoms with Gasteiger partial charge in [-0.1, -0.05) is 79.2 Å². The van der Waals surface area contributed by atoms with Crippen molar-refractivity contribution in [3.63, 3.8) is 0 Å². The molecule has 2 aromatic rings. The zero-order valence-corrected chi connectivity index (χ0v) is 23.9. The molecule has 7 nitrogen and oxygen atoms in total. The molecule has 1 saturated carbocycles. The molecule has 37 heavy (non-hydrogen) atoms. The summed E-state index contributed by atoms with van der Waals surface area (Å²) in [5.41, 5.74) is 1.98. The monoisotopic (exact) mass is 567 g/mol. The van der Waals surface area contributed by atoms with Gasteiger partial charge in [0.2, 0.25) is 21.8 Å². The predicted molar refractivity (Wildman–Crippen MR) is 149 cm³/mol. The number of halogens is 2. The van der Waals surface area contributed by atoms with Crippen LogP contribution in [0.3, 0.4) is 0 Å². The van der Waals surface area contributed by atoms with E-state index in [1.165, 1.54) is 17.0 Å². The van der Waals surface area contributed by atoms with Crippen LogP contribution in [0, 0.1) is 6.92 Å². The molecule has 0 unspecified atom stereocenters. The van der Waals surface area contributed by atoms with Gasteiger partial charge in [-0.25, -0.2) is 8.42 Å².